The summed E-state index contributed by atoms with van der Waals surface area (Å²) < 4.78 is 0. The summed E-state index contributed by atoms with van der Waals surface area (Å²) in [6.45, 7) is 0. The van der Waals surface area contributed by atoms with E-state index in [2.05, 4.69) is 10.6 Å². The molecule has 1 aliphatic heterocycles. The fourth-order valence-corrected chi connectivity index (χ4v) is 3.26. The van der Waals surface area contributed by atoms with Crippen molar-refractivity contribution < 1.29 is 9.59 Å². The molecule has 2 aromatic rings. The largest absolute Gasteiger partial charge is 0.325 e. The minimum atomic E-state index is -0.242. The smallest absolute Gasteiger partial charge is 0.255 e. The van der Waals surface area contributed by atoms with E-state index >= 15 is 0 Å². The zero-order valence-corrected chi connectivity index (χ0v) is 13.1. The van der Waals surface area contributed by atoms with Crippen LogP contribution in [0, 0.1) is 0 Å². The molecule has 0 unspecified atom stereocenters. The topological polar surface area (TPSA) is 58.2 Å². The first-order chi connectivity index (χ1) is 10.6. The van der Waals surface area contributed by atoms with Crippen molar-refractivity contribution >= 4 is 46.6 Å². The molecule has 4 nitrogen and oxygen atoms in total. The van der Waals surface area contributed by atoms with E-state index < -0.39 is 0 Å². The summed E-state index contributed by atoms with van der Waals surface area (Å²) in [7, 11) is 0. The molecule has 2 N–H and O–H groups in total. The van der Waals surface area contributed by atoms with E-state index in [-0.39, 0.29) is 11.8 Å². The van der Waals surface area contributed by atoms with Crippen molar-refractivity contribution in [2.75, 3.05) is 16.4 Å². The van der Waals surface area contributed by atoms with Gasteiger partial charge in [-0.3, -0.25) is 9.59 Å². The van der Waals surface area contributed by atoms with Crippen LogP contribution >= 0.6 is 23.4 Å². The summed E-state index contributed by atoms with van der Waals surface area (Å²) in [5.74, 6) is 0.472. The van der Waals surface area contributed by atoms with Gasteiger partial charge in [0.25, 0.3) is 5.91 Å². The third-order valence-electron chi connectivity index (χ3n) is 3.19. The first-order valence-corrected chi connectivity index (χ1v) is 8.12. The third kappa shape index (κ3) is 3.43. The molecule has 112 valence electrons. The third-order valence-corrected chi connectivity index (χ3v) is 4.50. The van der Waals surface area contributed by atoms with E-state index in [1.807, 2.05) is 6.07 Å². The zero-order valence-electron chi connectivity index (χ0n) is 11.6. The standard InChI is InChI=1S/C16H13ClN2O2S/c17-11-2-1-3-12(9-11)18-16(21)10-4-5-14-13(8-10)19-15(20)6-7-22-14/h1-5,8-9H,6-7H2,(H,18,21)(H,19,20). The zero-order chi connectivity index (χ0) is 15.5. The molecule has 0 saturated carbocycles. The van der Waals surface area contributed by atoms with E-state index in [1.54, 1.807) is 48.2 Å². The number of amides is 2. The number of anilines is 2. The van der Waals surface area contributed by atoms with Crippen molar-refractivity contribution in [3.63, 3.8) is 0 Å². The monoisotopic (exact) mass is 332 g/mol. The Hall–Kier alpha value is -1.98. The fraction of sp³-hybridized carbons (Fsp3) is 0.125. The molecule has 1 heterocycles. The normalized spacial score (nSPS) is 13.8. The maximum Gasteiger partial charge on any atom is 0.255 e. The summed E-state index contributed by atoms with van der Waals surface area (Å²) in [4.78, 5) is 24.9. The predicted molar refractivity (Wildman–Crippen MR) is 89.8 cm³/mol. The molecular formula is C16H13ClN2O2S. The molecule has 0 fully saturated rings. The number of thioether (sulfide) groups is 1. The highest BCUT2D eigenvalue weighted by Crippen LogP contribution is 2.31. The van der Waals surface area contributed by atoms with Crippen LogP contribution < -0.4 is 10.6 Å². The lowest BCUT2D eigenvalue weighted by molar-refractivity contribution is -0.115. The quantitative estimate of drug-likeness (QED) is 0.873. The number of nitrogens with one attached hydrogen (secondary N) is 2. The average Bonchev–Trinajstić information content (AvgIpc) is 2.67. The van der Waals surface area contributed by atoms with Gasteiger partial charge in [0.2, 0.25) is 5.91 Å². The molecule has 6 heteroatoms. The second kappa shape index (κ2) is 6.42. The number of carbonyl (C=O) groups excluding carboxylic acids is 2. The second-order valence-electron chi connectivity index (χ2n) is 4.82. The van der Waals surface area contributed by atoms with E-state index in [4.69, 9.17) is 11.6 Å². The summed E-state index contributed by atoms with van der Waals surface area (Å²) in [6.07, 6.45) is 0.476. The van der Waals surface area contributed by atoms with Crippen LogP contribution in [0.4, 0.5) is 11.4 Å². The summed E-state index contributed by atoms with van der Waals surface area (Å²) in [5.41, 5.74) is 1.80. The van der Waals surface area contributed by atoms with Crippen molar-refractivity contribution in [3.05, 3.63) is 53.1 Å². The fourth-order valence-electron chi connectivity index (χ4n) is 2.13. The van der Waals surface area contributed by atoms with Crippen LogP contribution in [0.25, 0.3) is 0 Å². The van der Waals surface area contributed by atoms with Crippen molar-refractivity contribution in [1.82, 2.24) is 0 Å². The first kappa shape index (κ1) is 14.9. The summed E-state index contributed by atoms with van der Waals surface area (Å²) in [5, 5.41) is 6.18. The minimum Gasteiger partial charge on any atom is -0.325 e. The predicted octanol–water partition coefficient (Wildman–Crippen LogP) is 4.03. The molecule has 22 heavy (non-hydrogen) atoms. The van der Waals surface area contributed by atoms with Gasteiger partial charge in [-0.2, -0.15) is 0 Å². The molecule has 1 aliphatic rings. The molecule has 3 rings (SSSR count). The van der Waals surface area contributed by atoms with Gasteiger partial charge in [0.15, 0.2) is 0 Å². The van der Waals surface area contributed by atoms with Crippen molar-refractivity contribution in [2.45, 2.75) is 11.3 Å². The second-order valence-corrected chi connectivity index (χ2v) is 6.40. The lowest BCUT2D eigenvalue weighted by Gasteiger charge is -2.10. The number of benzene rings is 2. The van der Waals surface area contributed by atoms with Gasteiger partial charge >= 0.3 is 0 Å². The van der Waals surface area contributed by atoms with E-state index in [9.17, 15) is 9.59 Å². The molecule has 0 saturated heterocycles. The van der Waals surface area contributed by atoms with E-state index in [0.717, 1.165) is 10.6 Å². The Bertz CT molecular complexity index is 749. The maximum absolute atomic E-state index is 12.3. The van der Waals surface area contributed by atoms with Gasteiger partial charge in [-0.15, -0.1) is 11.8 Å². The molecule has 0 aromatic heterocycles. The summed E-state index contributed by atoms with van der Waals surface area (Å²) in [6, 6.07) is 12.3. The van der Waals surface area contributed by atoms with E-state index in [0.29, 0.717) is 28.4 Å². The number of fused-ring (bicyclic) bond motifs is 1. The van der Waals surface area contributed by atoms with Crippen LogP contribution in [0.2, 0.25) is 5.02 Å². The molecule has 0 atom stereocenters. The SMILES string of the molecule is O=C1CCSc2ccc(C(=O)Nc3cccc(Cl)c3)cc2N1. The van der Waals surface area contributed by atoms with Gasteiger partial charge in [-0.05, 0) is 36.4 Å². The molecule has 2 aromatic carbocycles. The van der Waals surface area contributed by atoms with Gasteiger partial charge in [-0.25, -0.2) is 0 Å². The molecule has 0 aliphatic carbocycles. The van der Waals surface area contributed by atoms with Crippen LogP contribution in [-0.4, -0.2) is 17.6 Å². The van der Waals surface area contributed by atoms with Crippen molar-refractivity contribution in [1.29, 1.82) is 0 Å². The minimum absolute atomic E-state index is 0.0290. The Morgan fingerprint density at radius 3 is 2.91 bits per heavy atom. The molecular weight excluding hydrogens is 320 g/mol. The van der Waals surface area contributed by atoms with Gasteiger partial charge in [0.1, 0.15) is 0 Å². The number of rotatable bonds is 2. The van der Waals surface area contributed by atoms with Crippen LogP contribution in [0.1, 0.15) is 16.8 Å². The number of carbonyl (C=O) groups is 2. The van der Waals surface area contributed by atoms with Crippen LogP contribution in [0.15, 0.2) is 47.4 Å². The first-order valence-electron chi connectivity index (χ1n) is 6.75. The Labute approximate surface area is 137 Å². The number of hydrogen-bond donors (Lipinski definition) is 2. The molecule has 0 spiro atoms. The molecule has 2 amide bonds. The Morgan fingerprint density at radius 2 is 2.09 bits per heavy atom. The van der Waals surface area contributed by atoms with Gasteiger partial charge in [0.05, 0.1) is 5.69 Å². The highest BCUT2D eigenvalue weighted by Gasteiger charge is 2.15. The number of hydrogen-bond acceptors (Lipinski definition) is 3. The maximum atomic E-state index is 12.3. The van der Waals surface area contributed by atoms with Crippen LogP contribution in [-0.2, 0) is 4.79 Å². The van der Waals surface area contributed by atoms with Gasteiger partial charge in [0, 0.05) is 33.3 Å². The highest BCUT2D eigenvalue weighted by atomic mass is 35.5. The Balaban J connectivity index is 1.83. The highest BCUT2D eigenvalue weighted by molar-refractivity contribution is 7.99. The van der Waals surface area contributed by atoms with Crippen molar-refractivity contribution in [2.24, 2.45) is 0 Å². The van der Waals surface area contributed by atoms with Gasteiger partial charge < -0.3 is 10.6 Å². The Morgan fingerprint density at radius 1 is 1.23 bits per heavy atom. The lowest BCUT2D eigenvalue weighted by atomic mass is 10.1. The molecule has 0 radical (unpaired) electrons. The summed E-state index contributed by atoms with van der Waals surface area (Å²) >= 11 is 7.51. The molecule has 0 bridgehead atoms. The van der Waals surface area contributed by atoms with Crippen LogP contribution in [0.5, 0.6) is 0 Å². The van der Waals surface area contributed by atoms with Crippen molar-refractivity contribution in [3.8, 4) is 0 Å². The lowest BCUT2D eigenvalue weighted by Crippen LogP contribution is -2.14. The van der Waals surface area contributed by atoms with Crippen LogP contribution in [0.3, 0.4) is 0 Å². The Kier molecular flexibility index (Phi) is 4.36. The van der Waals surface area contributed by atoms with E-state index in [1.165, 1.54) is 0 Å². The van der Waals surface area contributed by atoms with Gasteiger partial charge in [-0.1, -0.05) is 17.7 Å². The average molecular weight is 333 g/mol. The number of halogens is 1.